The number of rotatable bonds is 7. The minimum absolute atomic E-state index is 0.171. The Morgan fingerprint density at radius 1 is 1.16 bits per heavy atom. The summed E-state index contributed by atoms with van der Waals surface area (Å²) in [6, 6.07) is 15.2. The van der Waals surface area contributed by atoms with Crippen molar-refractivity contribution < 1.29 is 13.2 Å². The number of thiazole rings is 1. The Balaban J connectivity index is 1.52. The number of nitrogens with one attached hydrogen (secondary N) is 1. The van der Waals surface area contributed by atoms with Crippen molar-refractivity contribution in [2.45, 2.75) is 43.5 Å². The van der Waals surface area contributed by atoms with Crippen LogP contribution in [0.4, 0.5) is 5.13 Å². The van der Waals surface area contributed by atoms with E-state index in [1.165, 1.54) is 11.3 Å². The van der Waals surface area contributed by atoms with Crippen LogP contribution in [0.5, 0.6) is 5.75 Å². The molecule has 0 radical (unpaired) electrons. The van der Waals surface area contributed by atoms with Crippen LogP contribution in [-0.2, 0) is 10.0 Å². The highest BCUT2D eigenvalue weighted by Crippen LogP contribution is 2.35. The second-order valence-corrected chi connectivity index (χ2v) is 10.5. The maximum Gasteiger partial charge on any atom is 0.267 e. The summed E-state index contributed by atoms with van der Waals surface area (Å²) < 4.78 is 37.8. The molecule has 2 aromatic carbocycles. The molecule has 32 heavy (non-hydrogen) atoms. The number of hydrogen-bond acceptors (Lipinski definition) is 6. The van der Waals surface area contributed by atoms with Crippen LogP contribution in [0.3, 0.4) is 0 Å². The lowest BCUT2D eigenvalue weighted by Crippen LogP contribution is -2.13. The number of sulfonamides is 1. The Labute approximate surface area is 191 Å². The summed E-state index contributed by atoms with van der Waals surface area (Å²) in [5.41, 5.74) is 1.96. The number of benzene rings is 2. The highest BCUT2D eigenvalue weighted by atomic mass is 32.2. The summed E-state index contributed by atoms with van der Waals surface area (Å²) in [6.07, 6.45) is 5.98. The molecule has 2 aromatic heterocycles. The normalized spacial score (nSPS) is 14.8. The van der Waals surface area contributed by atoms with Gasteiger partial charge in [0.05, 0.1) is 22.9 Å². The van der Waals surface area contributed by atoms with Gasteiger partial charge in [0.1, 0.15) is 16.3 Å². The molecule has 1 N–H and O–H groups in total. The standard InChI is InChI=1S/C23H24N4O3S2/c1-2-30-18-12-13-19-20(14-18)31-23(24-19)26-32(28,29)21-15-27(17-10-6-7-11-17)25-22(21)16-8-4-3-5-9-16/h3-5,8-9,12-15,17H,2,6-7,10-11H2,1H3,(H,24,26). The van der Waals surface area contributed by atoms with Crippen molar-refractivity contribution in [1.82, 2.24) is 14.8 Å². The highest BCUT2D eigenvalue weighted by Gasteiger charge is 2.28. The van der Waals surface area contributed by atoms with Crippen LogP contribution >= 0.6 is 11.3 Å². The molecule has 0 bridgehead atoms. The smallest absolute Gasteiger partial charge is 0.267 e. The molecule has 9 heteroatoms. The fourth-order valence-corrected chi connectivity index (χ4v) is 6.39. The fourth-order valence-electron chi connectivity index (χ4n) is 4.10. The van der Waals surface area contributed by atoms with Crippen molar-refractivity contribution in [2.75, 3.05) is 11.3 Å². The van der Waals surface area contributed by atoms with Gasteiger partial charge in [-0.05, 0) is 38.0 Å². The fraction of sp³-hybridized carbons (Fsp3) is 0.304. The summed E-state index contributed by atoms with van der Waals surface area (Å²) in [5, 5.41) is 5.03. The summed E-state index contributed by atoms with van der Waals surface area (Å²) in [6.45, 7) is 2.49. The lowest BCUT2D eigenvalue weighted by atomic mass is 10.2. The minimum atomic E-state index is -3.89. The average molecular weight is 469 g/mol. The van der Waals surface area contributed by atoms with Crippen molar-refractivity contribution in [3.8, 4) is 17.0 Å². The van der Waals surface area contributed by atoms with E-state index >= 15 is 0 Å². The lowest BCUT2D eigenvalue weighted by Gasteiger charge is -2.08. The van der Waals surface area contributed by atoms with E-state index in [4.69, 9.17) is 9.84 Å². The molecule has 1 fully saturated rings. The topological polar surface area (TPSA) is 86.1 Å². The van der Waals surface area contributed by atoms with Crippen LogP contribution in [0.2, 0.25) is 0 Å². The maximum absolute atomic E-state index is 13.4. The zero-order valence-electron chi connectivity index (χ0n) is 17.7. The van der Waals surface area contributed by atoms with Gasteiger partial charge in [-0.2, -0.15) is 5.10 Å². The van der Waals surface area contributed by atoms with E-state index in [2.05, 4.69) is 9.71 Å². The molecule has 7 nitrogen and oxygen atoms in total. The molecular formula is C23H24N4O3S2. The van der Waals surface area contributed by atoms with Gasteiger partial charge in [0.2, 0.25) is 0 Å². The molecule has 0 spiro atoms. The third kappa shape index (κ3) is 4.10. The summed E-state index contributed by atoms with van der Waals surface area (Å²) >= 11 is 1.28. The van der Waals surface area contributed by atoms with Gasteiger partial charge in [-0.15, -0.1) is 0 Å². The van der Waals surface area contributed by atoms with Gasteiger partial charge in [0, 0.05) is 11.8 Å². The molecule has 1 aliphatic carbocycles. The van der Waals surface area contributed by atoms with E-state index in [9.17, 15) is 8.42 Å². The molecule has 0 aliphatic heterocycles. The predicted octanol–water partition coefficient (Wildman–Crippen LogP) is 5.47. The first-order valence-electron chi connectivity index (χ1n) is 10.7. The summed E-state index contributed by atoms with van der Waals surface area (Å²) in [4.78, 5) is 4.63. The third-order valence-electron chi connectivity index (χ3n) is 5.63. The van der Waals surface area contributed by atoms with Crippen molar-refractivity contribution in [3.05, 3.63) is 54.7 Å². The van der Waals surface area contributed by atoms with Crippen LogP contribution in [0.1, 0.15) is 38.6 Å². The Morgan fingerprint density at radius 2 is 1.94 bits per heavy atom. The largest absolute Gasteiger partial charge is 0.494 e. The first-order chi connectivity index (χ1) is 15.5. The molecular weight excluding hydrogens is 444 g/mol. The zero-order valence-corrected chi connectivity index (χ0v) is 19.3. The van der Waals surface area contributed by atoms with E-state index in [1.807, 2.05) is 60.1 Å². The molecule has 166 valence electrons. The van der Waals surface area contributed by atoms with E-state index in [-0.39, 0.29) is 10.9 Å². The summed E-state index contributed by atoms with van der Waals surface area (Å²) in [7, 11) is -3.89. The molecule has 0 amide bonds. The molecule has 4 aromatic rings. The van der Waals surface area contributed by atoms with Gasteiger partial charge in [-0.1, -0.05) is 54.5 Å². The van der Waals surface area contributed by atoms with E-state index in [0.717, 1.165) is 47.2 Å². The quantitative estimate of drug-likeness (QED) is 0.388. The van der Waals surface area contributed by atoms with Gasteiger partial charge in [-0.3, -0.25) is 9.40 Å². The second kappa shape index (κ2) is 8.55. The van der Waals surface area contributed by atoms with Crippen LogP contribution in [0.25, 0.3) is 21.5 Å². The third-order valence-corrected chi connectivity index (χ3v) is 8.03. The minimum Gasteiger partial charge on any atom is -0.494 e. The van der Waals surface area contributed by atoms with Crippen molar-refractivity contribution in [2.24, 2.45) is 0 Å². The Morgan fingerprint density at radius 3 is 2.69 bits per heavy atom. The van der Waals surface area contributed by atoms with Crippen molar-refractivity contribution in [3.63, 3.8) is 0 Å². The number of hydrogen-bond donors (Lipinski definition) is 1. The van der Waals surface area contributed by atoms with Gasteiger partial charge in [-0.25, -0.2) is 13.4 Å². The van der Waals surface area contributed by atoms with Crippen LogP contribution in [0.15, 0.2) is 59.6 Å². The number of ether oxygens (including phenoxy) is 1. The molecule has 1 saturated carbocycles. The summed E-state index contributed by atoms with van der Waals surface area (Å²) in [5.74, 6) is 0.738. The first-order valence-corrected chi connectivity index (χ1v) is 13.0. The van der Waals surface area contributed by atoms with Gasteiger partial charge in [0.15, 0.2) is 5.13 Å². The van der Waals surface area contributed by atoms with Gasteiger partial charge in [0.25, 0.3) is 10.0 Å². The van der Waals surface area contributed by atoms with E-state index in [0.29, 0.717) is 17.4 Å². The predicted molar refractivity (Wildman–Crippen MR) is 127 cm³/mol. The average Bonchev–Trinajstić information content (AvgIpc) is 3.53. The van der Waals surface area contributed by atoms with Crippen molar-refractivity contribution in [1.29, 1.82) is 0 Å². The van der Waals surface area contributed by atoms with E-state index < -0.39 is 10.0 Å². The Kier molecular flexibility index (Phi) is 5.60. The van der Waals surface area contributed by atoms with Crippen molar-refractivity contribution >= 4 is 36.7 Å². The monoisotopic (exact) mass is 468 g/mol. The molecule has 0 unspecified atom stereocenters. The van der Waals surface area contributed by atoms with E-state index in [1.54, 1.807) is 6.20 Å². The molecule has 1 aliphatic rings. The van der Waals surface area contributed by atoms with Gasteiger partial charge < -0.3 is 4.74 Å². The zero-order chi connectivity index (χ0) is 22.1. The highest BCUT2D eigenvalue weighted by molar-refractivity contribution is 7.93. The lowest BCUT2D eigenvalue weighted by molar-refractivity contribution is 0.341. The van der Waals surface area contributed by atoms with Crippen LogP contribution in [-0.4, -0.2) is 29.8 Å². The first kappa shape index (κ1) is 21.0. The molecule has 0 saturated heterocycles. The maximum atomic E-state index is 13.4. The molecule has 0 atom stereocenters. The Bertz CT molecular complexity index is 1340. The number of aromatic nitrogens is 3. The molecule has 2 heterocycles. The second-order valence-electron chi connectivity index (χ2n) is 7.81. The Hall–Kier alpha value is -2.91. The number of anilines is 1. The number of fused-ring (bicyclic) bond motifs is 1. The molecule has 5 rings (SSSR count). The van der Waals surface area contributed by atoms with Crippen LogP contribution in [0, 0.1) is 0 Å². The van der Waals surface area contributed by atoms with Crippen LogP contribution < -0.4 is 9.46 Å². The van der Waals surface area contributed by atoms with Gasteiger partial charge >= 0.3 is 0 Å². The number of nitrogens with zero attached hydrogens (tertiary/aromatic N) is 3. The SMILES string of the molecule is CCOc1ccc2nc(NS(=O)(=O)c3cn(C4CCCC4)nc3-c3ccccc3)sc2c1.